The van der Waals surface area contributed by atoms with E-state index in [1.54, 1.807) is 0 Å². The van der Waals surface area contributed by atoms with Crippen molar-refractivity contribution in [3.8, 4) is 0 Å². The zero-order valence-electron chi connectivity index (χ0n) is 51.2. The summed E-state index contributed by atoms with van der Waals surface area (Å²) in [5.41, 5.74) is 0. The molecule has 3 unspecified atom stereocenters. The normalized spacial score (nSPS) is 14.1. The van der Waals surface area contributed by atoms with Gasteiger partial charge in [0, 0.05) is 12.8 Å². The molecule has 9 nitrogen and oxygen atoms in total. The SMILES string of the molecule is CCCCC/C=C\C/C=C\C/C=C\C/C=C\CCCCCCCCCC(=O)OC(/C=C\CCCCCCCCCCCC)C(COP(=O)(O)OCC[N+](C)(C)C)NC(=O)CCCCCCC/C=C/CCCCCCCCC. The molecule has 0 aliphatic heterocycles. The highest BCUT2D eigenvalue weighted by molar-refractivity contribution is 7.47. The molecule has 10 heteroatoms. The van der Waals surface area contributed by atoms with Crippen LogP contribution >= 0.6 is 7.82 Å². The van der Waals surface area contributed by atoms with Crippen molar-refractivity contribution in [2.24, 2.45) is 0 Å². The maximum atomic E-state index is 13.5. The number of nitrogens with one attached hydrogen (secondary N) is 1. The van der Waals surface area contributed by atoms with Gasteiger partial charge in [-0.1, -0.05) is 248 Å². The van der Waals surface area contributed by atoms with Crippen LogP contribution in [0.1, 0.15) is 290 Å². The fraction of sp³-hybridized carbons (Fsp3) is 0.791. The van der Waals surface area contributed by atoms with Gasteiger partial charge < -0.3 is 19.4 Å². The molecule has 0 aromatic heterocycles. The summed E-state index contributed by atoms with van der Waals surface area (Å²) in [6, 6.07) is -0.859. The van der Waals surface area contributed by atoms with Gasteiger partial charge in [0.15, 0.2) is 0 Å². The minimum absolute atomic E-state index is 0.0349. The second kappa shape index (κ2) is 56.7. The van der Waals surface area contributed by atoms with Gasteiger partial charge >= 0.3 is 13.8 Å². The van der Waals surface area contributed by atoms with Crippen molar-refractivity contribution in [1.82, 2.24) is 5.32 Å². The van der Waals surface area contributed by atoms with Crippen LogP contribution in [0.15, 0.2) is 72.9 Å². The van der Waals surface area contributed by atoms with Crippen LogP contribution in [0.25, 0.3) is 0 Å². The second-order valence-corrected chi connectivity index (χ2v) is 24.4. The standard InChI is InChI=1S/C67H123N2O7P/c1-7-10-13-16-19-22-25-28-30-32-33-34-35-36-37-38-40-42-45-48-51-54-57-60-67(71)76-65(58-55-52-49-46-43-27-24-21-18-15-12-9-3)64(63-75-77(72,73)74-62-61-69(4,5)6)68-66(70)59-56-53-50-47-44-41-39-31-29-26-23-20-17-14-11-8-2/h19,22,28,30-31,33-34,36-37,39,55,58,64-65H,7-18,20-21,23-27,29,32,35,38,40-54,56-57,59-63H2,1-6H3,(H-,68,70,72,73)/p+1/b22-19-,30-28-,34-33-,37-36-,39-31+,58-55-. The average Bonchev–Trinajstić information content (AvgIpc) is 3.39. The van der Waals surface area contributed by atoms with Crippen molar-refractivity contribution in [3.05, 3.63) is 72.9 Å². The molecule has 0 bridgehead atoms. The highest BCUT2D eigenvalue weighted by Gasteiger charge is 2.30. The van der Waals surface area contributed by atoms with E-state index in [-0.39, 0.29) is 31.5 Å². The van der Waals surface area contributed by atoms with E-state index < -0.39 is 20.0 Å². The van der Waals surface area contributed by atoms with Gasteiger partial charge in [0.25, 0.3) is 0 Å². The minimum Gasteiger partial charge on any atom is -0.456 e. The van der Waals surface area contributed by atoms with E-state index in [0.29, 0.717) is 17.4 Å². The van der Waals surface area contributed by atoms with Gasteiger partial charge in [-0.15, -0.1) is 0 Å². The minimum atomic E-state index is -4.46. The van der Waals surface area contributed by atoms with Gasteiger partial charge in [-0.05, 0) is 102 Å². The lowest BCUT2D eigenvalue weighted by Crippen LogP contribution is -2.47. The number of likely N-dealkylation sites (N-methyl/N-ethyl adjacent to an activating group) is 1. The lowest BCUT2D eigenvalue weighted by atomic mass is 10.0. The third-order valence-electron chi connectivity index (χ3n) is 14.1. The number of carbonyl (C=O) groups excluding carboxylic acids is 2. The Bertz CT molecular complexity index is 1550. The predicted molar refractivity (Wildman–Crippen MR) is 332 cm³/mol. The Balaban J connectivity index is 5.23. The number of nitrogens with zero attached hydrogens (tertiary/aromatic N) is 1. The Morgan fingerprint density at radius 3 is 1.22 bits per heavy atom. The summed E-state index contributed by atoms with van der Waals surface area (Å²) in [7, 11) is 1.48. The fourth-order valence-electron chi connectivity index (χ4n) is 9.10. The molecule has 0 heterocycles. The molecule has 77 heavy (non-hydrogen) atoms. The number of carbonyl (C=O) groups is 2. The van der Waals surface area contributed by atoms with E-state index in [1.807, 2.05) is 33.3 Å². The van der Waals surface area contributed by atoms with Crippen LogP contribution < -0.4 is 5.32 Å². The quantitative estimate of drug-likeness (QED) is 0.0205. The van der Waals surface area contributed by atoms with E-state index in [2.05, 4.69) is 86.8 Å². The smallest absolute Gasteiger partial charge is 0.456 e. The van der Waals surface area contributed by atoms with Gasteiger partial charge in [-0.2, -0.15) is 0 Å². The van der Waals surface area contributed by atoms with Crippen molar-refractivity contribution >= 4 is 19.7 Å². The van der Waals surface area contributed by atoms with E-state index in [0.717, 1.165) is 109 Å². The maximum Gasteiger partial charge on any atom is 0.472 e. The fourth-order valence-corrected chi connectivity index (χ4v) is 9.83. The van der Waals surface area contributed by atoms with Crippen LogP contribution in [0.2, 0.25) is 0 Å². The Morgan fingerprint density at radius 1 is 0.455 bits per heavy atom. The zero-order chi connectivity index (χ0) is 56.4. The van der Waals surface area contributed by atoms with E-state index in [1.165, 1.54) is 148 Å². The number of allylic oxidation sites excluding steroid dienone is 11. The van der Waals surface area contributed by atoms with Gasteiger partial charge in [0.05, 0.1) is 33.8 Å². The molecule has 0 fully saturated rings. The molecule has 0 spiro atoms. The molecule has 3 atom stereocenters. The first kappa shape index (κ1) is 74.5. The maximum absolute atomic E-state index is 13.5. The summed E-state index contributed by atoms with van der Waals surface area (Å²) in [5.74, 6) is -0.523. The number of ether oxygens (including phenoxy) is 1. The van der Waals surface area contributed by atoms with Crippen LogP contribution in [-0.4, -0.2) is 74.3 Å². The first-order chi connectivity index (χ1) is 37.4. The molecule has 0 saturated carbocycles. The molecule has 1 amide bonds. The molecular weight excluding hydrogens is 976 g/mol. The molecule has 448 valence electrons. The van der Waals surface area contributed by atoms with Crippen LogP contribution in [0.3, 0.4) is 0 Å². The first-order valence-corrected chi connectivity index (χ1v) is 33.8. The van der Waals surface area contributed by atoms with E-state index in [4.69, 9.17) is 13.8 Å². The third kappa shape index (κ3) is 57.9. The van der Waals surface area contributed by atoms with Crippen LogP contribution in [0.4, 0.5) is 0 Å². The molecule has 0 saturated heterocycles. The summed E-state index contributed by atoms with van der Waals surface area (Å²) in [4.78, 5) is 37.7. The Labute approximate surface area is 476 Å². The van der Waals surface area contributed by atoms with Crippen molar-refractivity contribution in [2.45, 2.75) is 303 Å². The van der Waals surface area contributed by atoms with E-state index in [9.17, 15) is 19.0 Å². The highest BCUT2D eigenvalue weighted by Crippen LogP contribution is 2.43. The average molecular weight is 1100 g/mol. The van der Waals surface area contributed by atoms with Crippen molar-refractivity contribution in [3.63, 3.8) is 0 Å². The number of phosphoric acid groups is 1. The van der Waals surface area contributed by atoms with Gasteiger partial charge in [0.1, 0.15) is 19.3 Å². The molecule has 0 aliphatic carbocycles. The van der Waals surface area contributed by atoms with Gasteiger partial charge in [-0.3, -0.25) is 18.6 Å². The summed E-state index contributed by atoms with van der Waals surface area (Å²) in [6.45, 7) is 6.98. The number of unbranched alkanes of at least 4 members (excludes halogenated alkanes) is 32. The summed E-state index contributed by atoms with van der Waals surface area (Å²) < 4.78 is 30.7. The number of rotatable bonds is 58. The topological polar surface area (TPSA) is 111 Å². The molecule has 0 radical (unpaired) electrons. The lowest BCUT2D eigenvalue weighted by Gasteiger charge is -2.27. The second-order valence-electron chi connectivity index (χ2n) is 22.9. The number of esters is 1. The zero-order valence-corrected chi connectivity index (χ0v) is 52.1. The predicted octanol–water partition coefficient (Wildman–Crippen LogP) is 20.0. The van der Waals surface area contributed by atoms with Gasteiger partial charge in [-0.25, -0.2) is 4.57 Å². The summed E-state index contributed by atoms with van der Waals surface area (Å²) >= 11 is 0. The molecule has 0 aliphatic rings. The third-order valence-corrected chi connectivity index (χ3v) is 15.1. The molecule has 0 aromatic rings. The van der Waals surface area contributed by atoms with Crippen LogP contribution in [0, 0.1) is 0 Å². The van der Waals surface area contributed by atoms with Crippen molar-refractivity contribution in [1.29, 1.82) is 0 Å². The number of hydrogen-bond acceptors (Lipinski definition) is 6. The van der Waals surface area contributed by atoms with Crippen molar-refractivity contribution < 1.29 is 37.3 Å². The molecule has 2 N–H and O–H groups in total. The highest BCUT2D eigenvalue weighted by atomic mass is 31.2. The Morgan fingerprint density at radius 2 is 0.792 bits per heavy atom. The molecule has 0 aromatic carbocycles. The van der Waals surface area contributed by atoms with Crippen molar-refractivity contribution in [2.75, 3.05) is 40.9 Å². The molecular formula is C67H124N2O7P+. The Kier molecular flexibility index (Phi) is 54.8. The van der Waals surface area contributed by atoms with Gasteiger partial charge in [0.2, 0.25) is 5.91 Å². The number of phosphoric ester groups is 1. The lowest BCUT2D eigenvalue weighted by molar-refractivity contribution is -0.870. The summed E-state index contributed by atoms with van der Waals surface area (Å²) in [6.07, 6.45) is 73.2. The monoisotopic (exact) mass is 1100 g/mol. The number of amides is 1. The molecule has 0 rings (SSSR count). The van der Waals surface area contributed by atoms with Crippen LogP contribution in [-0.2, 0) is 27.9 Å². The first-order valence-electron chi connectivity index (χ1n) is 32.3. The van der Waals surface area contributed by atoms with E-state index >= 15 is 0 Å². The number of hydrogen-bond donors (Lipinski definition) is 2. The summed E-state index contributed by atoms with van der Waals surface area (Å²) in [5, 5.41) is 3.05. The van der Waals surface area contributed by atoms with Crippen LogP contribution in [0.5, 0.6) is 0 Å². The number of quaternary nitrogens is 1. The Hall–Kier alpha value is -2.55. The largest absolute Gasteiger partial charge is 0.472 e.